The van der Waals surface area contributed by atoms with Crippen LogP contribution < -0.4 is 0 Å². The highest BCUT2D eigenvalue weighted by Gasteiger charge is 2.16. The molecule has 0 bridgehead atoms. The maximum Gasteiger partial charge on any atom is 0.305 e. The summed E-state index contributed by atoms with van der Waals surface area (Å²) in [7, 11) is 1.36. The van der Waals surface area contributed by atoms with Crippen molar-refractivity contribution in [2.24, 2.45) is 11.8 Å². The average molecular weight is 160 g/mol. The van der Waals surface area contributed by atoms with Crippen molar-refractivity contribution in [3.63, 3.8) is 0 Å². The first-order valence-corrected chi connectivity index (χ1v) is 3.79. The number of rotatable bonds is 4. The van der Waals surface area contributed by atoms with Crippen LogP contribution >= 0.6 is 0 Å². The quantitative estimate of drug-likeness (QED) is 0.619. The van der Waals surface area contributed by atoms with Crippen LogP contribution in [0.1, 0.15) is 20.3 Å². The van der Waals surface area contributed by atoms with Crippen LogP contribution in [0.25, 0.3) is 0 Å². The Morgan fingerprint density at radius 2 is 2.09 bits per heavy atom. The highest BCUT2D eigenvalue weighted by molar-refractivity contribution is 5.69. The summed E-state index contributed by atoms with van der Waals surface area (Å²) < 4.78 is 4.48. The minimum Gasteiger partial charge on any atom is -0.469 e. The van der Waals surface area contributed by atoms with E-state index in [1.807, 2.05) is 13.8 Å². The second-order valence-electron chi connectivity index (χ2n) is 2.97. The third kappa shape index (κ3) is 3.98. The highest BCUT2D eigenvalue weighted by Crippen LogP contribution is 2.14. The van der Waals surface area contributed by atoms with E-state index in [4.69, 9.17) is 5.11 Å². The Hall–Kier alpha value is -0.570. The van der Waals surface area contributed by atoms with Crippen LogP contribution in [0.5, 0.6) is 0 Å². The maximum absolute atomic E-state index is 10.8. The molecule has 3 nitrogen and oxygen atoms in total. The molecule has 1 atom stereocenters. The molecule has 11 heavy (non-hydrogen) atoms. The molecule has 66 valence electrons. The second-order valence-corrected chi connectivity index (χ2v) is 2.97. The Labute approximate surface area is 67.4 Å². The molecule has 0 amide bonds. The van der Waals surface area contributed by atoms with E-state index in [1.54, 1.807) is 0 Å². The van der Waals surface area contributed by atoms with Gasteiger partial charge < -0.3 is 9.84 Å². The summed E-state index contributed by atoms with van der Waals surface area (Å²) in [5, 5.41) is 8.83. The van der Waals surface area contributed by atoms with Crippen LogP contribution in [0.4, 0.5) is 0 Å². The Kier molecular flexibility index (Phi) is 4.86. The fourth-order valence-electron chi connectivity index (χ4n) is 0.808. The molecule has 0 saturated carbocycles. The summed E-state index contributed by atoms with van der Waals surface area (Å²) in [5.41, 5.74) is 0. The van der Waals surface area contributed by atoms with Crippen LogP contribution in [0.3, 0.4) is 0 Å². The minimum atomic E-state index is -0.252. The van der Waals surface area contributed by atoms with Gasteiger partial charge in [-0.3, -0.25) is 4.79 Å². The van der Waals surface area contributed by atoms with Crippen molar-refractivity contribution in [3.8, 4) is 0 Å². The molecule has 3 heteroatoms. The minimum absolute atomic E-state index is 0.0300. The van der Waals surface area contributed by atoms with Crippen LogP contribution in [0, 0.1) is 11.8 Å². The van der Waals surface area contributed by atoms with Crippen molar-refractivity contribution in [2.45, 2.75) is 20.3 Å². The predicted octanol–water partition coefficient (Wildman–Crippen LogP) is 0.814. The first-order valence-electron chi connectivity index (χ1n) is 3.79. The average Bonchev–Trinajstić information content (AvgIpc) is 1.99. The molecule has 0 radical (unpaired) electrons. The van der Waals surface area contributed by atoms with Crippen molar-refractivity contribution in [2.75, 3.05) is 13.7 Å². The number of ether oxygens (including phenoxy) is 1. The van der Waals surface area contributed by atoms with Crippen LogP contribution in [0.15, 0.2) is 0 Å². The molecule has 0 fully saturated rings. The van der Waals surface area contributed by atoms with Gasteiger partial charge in [-0.2, -0.15) is 0 Å². The lowest BCUT2D eigenvalue weighted by molar-refractivity contribution is -0.142. The second kappa shape index (κ2) is 5.13. The molecule has 0 aromatic carbocycles. The standard InChI is InChI=1S/C8H16O3/c1-6(2)7(5-9)4-8(10)11-3/h6-7,9H,4-5H2,1-3H3. The van der Waals surface area contributed by atoms with Gasteiger partial charge in [-0.15, -0.1) is 0 Å². The zero-order chi connectivity index (χ0) is 8.85. The molecule has 0 aliphatic carbocycles. The van der Waals surface area contributed by atoms with E-state index in [2.05, 4.69) is 4.74 Å². The van der Waals surface area contributed by atoms with E-state index in [-0.39, 0.29) is 18.5 Å². The molecule has 1 unspecified atom stereocenters. The predicted molar refractivity (Wildman–Crippen MR) is 42.0 cm³/mol. The normalized spacial score (nSPS) is 13.2. The van der Waals surface area contributed by atoms with Crippen molar-refractivity contribution in [1.29, 1.82) is 0 Å². The summed E-state index contributed by atoms with van der Waals surface area (Å²) in [4.78, 5) is 10.8. The van der Waals surface area contributed by atoms with E-state index < -0.39 is 0 Å². The molecule has 1 N–H and O–H groups in total. The van der Waals surface area contributed by atoms with E-state index in [1.165, 1.54) is 7.11 Å². The van der Waals surface area contributed by atoms with Crippen molar-refractivity contribution in [1.82, 2.24) is 0 Å². The number of carbonyl (C=O) groups is 1. The summed E-state index contributed by atoms with van der Waals surface area (Å²) >= 11 is 0. The Morgan fingerprint density at radius 3 is 2.36 bits per heavy atom. The van der Waals surface area contributed by atoms with E-state index in [0.29, 0.717) is 12.3 Å². The third-order valence-electron chi connectivity index (χ3n) is 1.83. The third-order valence-corrected chi connectivity index (χ3v) is 1.83. The fourth-order valence-corrected chi connectivity index (χ4v) is 0.808. The molecule has 0 aromatic rings. The van der Waals surface area contributed by atoms with E-state index in [0.717, 1.165) is 0 Å². The number of hydrogen-bond acceptors (Lipinski definition) is 3. The Bertz CT molecular complexity index is 121. The molecular weight excluding hydrogens is 144 g/mol. The largest absolute Gasteiger partial charge is 0.469 e. The number of hydrogen-bond donors (Lipinski definition) is 1. The van der Waals surface area contributed by atoms with Gasteiger partial charge in [-0.05, 0) is 11.8 Å². The number of methoxy groups -OCH3 is 1. The van der Waals surface area contributed by atoms with Crippen LogP contribution in [-0.4, -0.2) is 24.8 Å². The van der Waals surface area contributed by atoms with Crippen molar-refractivity contribution >= 4 is 5.97 Å². The monoisotopic (exact) mass is 160 g/mol. The number of esters is 1. The number of aliphatic hydroxyl groups is 1. The smallest absolute Gasteiger partial charge is 0.305 e. The molecule has 0 aromatic heterocycles. The van der Waals surface area contributed by atoms with Crippen molar-refractivity contribution in [3.05, 3.63) is 0 Å². The Balaban J connectivity index is 3.78. The summed E-state index contributed by atoms with van der Waals surface area (Å²) in [6.45, 7) is 4.00. The first-order chi connectivity index (χ1) is 5.11. The molecule has 0 aliphatic heterocycles. The van der Waals surface area contributed by atoms with Crippen molar-refractivity contribution < 1.29 is 14.6 Å². The van der Waals surface area contributed by atoms with Gasteiger partial charge in [0.25, 0.3) is 0 Å². The van der Waals surface area contributed by atoms with Crippen LogP contribution in [-0.2, 0) is 9.53 Å². The van der Waals surface area contributed by atoms with Crippen LogP contribution in [0.2, 0.25) is 0 Å². The summed E-state index contributed by atoms with van der Waals surface area (Å²) in [6, 6.07) is 0. The highest BCUT2D eigenvalue weighted by atomic mass is 16.5. The lowest BCUT2D eigenvalue weighted by Gasteiger charge is -2.15. The molecule has 0 rings (SSSR count). The summed E-state index contributed by atoms with van der Waals surface area (Å²) in [5.74, 6) is 0.0966. The van der Waals surface area contributed by atoms with Gasteiger partial charge in [0.05, 0.1) is 13.5 Å². The Morgan fingerprint density at radius 1 is 1.55 bits per heavy atom. The molecule has 0 saturated heterocycles. The zero-order valence-corrected chi connectivity index (χ0v) is 7.33. The van der Waals surface area contributed by atoms with Gasteiger partial charge >= 0.3 is 5.97 Å². The topological polar surface area (TPSA) is 46.5 Å². The maximum atomic E-state index is 10.8. The summed E-state index contributed by atoms with van der Waals surface area (Å²) in [6.07, 6.45) is 0.310. The lowest BCUT2D eigenvalue weighted by Crippen LogP contribution is -2.18. The molecule has 0 heterocycles. The van der Waals surface area contributed by atoms with Gasteiger partial charge in [0.15, 0.2) is 0 Å². The van der Waals surface area contributed by atoms with Gasteiger partial charge in [0, 0.05) is 6.61 Å². The van der Waals surface area contributed by atoms with Gasteiger partial charge in [-0.1, -0.05) is 13.8 Å². The molecular formula is C8H16O3. The van der Waals surface area contributed by atoms with E-state index >= 15 is 0 Å². The number of carbonyl (C=O) groups excluding carboxylic acids is 1. The van der Waals surface area contributed by atoms with Gasteiger partial charge in [0.1, 0.15) is 0 Å². The molecule has 0 aliphatic rings. The fraction of sp³-hybridized carbons (Fsp3) is 0.875. The first kappa shape index (κ1) is 10.4. The molecule has 0 spiro atoms. The van der Waals surface area contributed by atoms with Gasteiger partial charge in [0.2, 0.25) is 0 Å². The van der Waals surface area contributed by atoms with E-state index in [9.17, 15) is 4.79 Å². The number of aliphatic hydroxyl groups excluding tert-OH is 1. The van der Waals surface area contributed by atoms with Gasteiger partial charge in [-0.25, -0.2) is 0 Å². The SMILES string of the molecule is COC(=O)CC(CO)C(C)C. The lowest BCUT2D eigenvalue weighted by atomic mass is 9.94. The zero-order valence-electron chi connectivity index (χ0n) is 7.33.